The number of hydrogen-bond donors (Lipinski definition) is 6. The summed E-state index contributed by atoms with van der Waals surface area (Å²) in [6, 6.07) is 17.8. The van der Waals surface area contributed by atoms with Crippen molar-refractivity contribution < 1.29 is 44.6 Å². The molecule has 0 saturated carbocycles. The van der Waals surface area contributed by atoms with E-state index in [1.165, 1.54) is 24.3 Å². The van der Waals surface area contributed by atoms with Gasteiger partial charge < -0.3 is 40.3 Å². The molecule has 6 N–H and O–H groups in total. The molecule has 43 heavy (non-hydrogen) atoms. The third kappa shape index (κ3) is 6.45. The van der Waals surface area contributed by atoms with Crippen LogP contribution in [0, 0.1) is 18.7 Å². The summed E-state index contributed by atoms with van der Waals surface area (Å²) in [5, 5.41) is 61.8. The number of phenols is 1. The van der Waals surface area contributed by atoms with Crippen molar-refractivity contribution in [3.8, 4) is 5.75 Å². The van der Waals surface area contributed by atoms with Crippen molar-refractivity contribution in [3.05, 3.63) is 94.8 Å². The van der Waals surface area contributed by atoms with Gasteiger partial charge in [-0.05, 0) is 74.1 Å². The van der Waals surface area contributed by atoms with Gasteiger partial charge in [0, 0.05) is 11.3 Å². The summed E-state index contributed by atoms with van der Waals surface area (Å²) in [6.45, 7) is 1.45. The molecular formula is C33H38FNO8. The lowest BCUT2D eigenvalue weighted by Gasteiger charge is -2.48. The summed E-state index contributed by atoms with van der Waals surface area (Å²) in [7, 11) is 0. The molecule has 1 amide bonds. The molecule has 0 spiro atoms. The SMILES string of the molecule is Cc1ccc(N2C(=O)[C@H](CC[C@H](O)c3ccc(F)cc3)[C@H]2c2ccc(CC[C@@H]3O[C@H](CO)[C@@H](O)[C@H](O)[C@H]3O)cc2O)cc1. The van der Waals surface area contributed by atoms with Gasteiger partial charge in [-0.25, -0.2) is 4.39 Å². The number of carbonyl (C=O) groups is 1. The lowest BCUT2D eigenvalue weighted by atomic mass is 9.77. The Morgan fingerprint density at radius 3 is 2.23 bits per heavy atom. The Labute approximate surface area is 249 Å². The number of benzene rings is 3. The van der Waals surface area contributed by atoms with Gasteiger partial charge >= 0.3 is 0 Å². The van der Waals surface area contributed by atoms with Crippen LogP contribution in [0.5, 0.6) is 5.75 Å². The van der Waals surface area contributed by atoms with E-state index in [0.717, 1.165) is 11.1 Å². The Hall–Kier alpha value is -3.38. The molecule has 230 valence electrons. The largest absolute Gasteiger partial charge is 0.508 e. The number of ether oxygens (including phenoxy) is 1. The van der Waals surface area contributed by atoms with Crippen molar-refractivity contribution >= 4 is 11.6 Å². The monoisotopic (exact) mass is 595 g/mol. The van der Waals surface area contributed by atoms with Gasteiger partial charge in [0.15, 0.2) is 0 Å². The van der Waals surface area contributed by atoms with Gasteiger partial charge in [-0.15, -0.1) is 0 Å². The first-order valence-corrected chi connectivity index (χ1v) is 14.5. The van der Waals surface area contributed by atoms with Crippen LogP contribution in [0.25, 0.3) is 0 Å². The van der Waals surface area contributed by atoms with Crippen LogP contribution in [-0.4, -0.2) is 73.7 Å². The molecule has 5 rings (SSSR count). The van der Waals surface area contributed by atoms with Crippen molar-refractivity contribution in [2.75, 3.05) is 11.5 Å². The average Bonchev–Trinajstić information content (AvgIpc) is 3.00. The number of phenolic OH excluding ortho intramolecular Hbond substituents is 1. The third-order valence-electron chi connectivity index (χ3n) is 8.65. The number of anilines is 1. The molecule has 2 aliphatic heterocycles. The normalized spacial score (nSPS) is 28.0. The van der Waals surface area contributed by atoms with Crippen molar-refractivity contribution in [3.63, 3.8) is 0 Å². The summed E-state index contributed by atoms with van der Waals surface area (Å²) < 4.78 is 18.9. The van der Waals surface area contributed by atoms with Crippen molar-refractivity contribution in [2.24, 2.45) is 5.92 Å². The first-order chi connectivity index (χ1) is 20.6. The fourth-order valence-corrected chi connectivity index (χ4v) is 6.09. The second-order valence-electron chi connectivity index (χ2n) is 11.5. The Balaban J connectivity index is 1.33. The maximum absolute atomic E-state index is 13.4. The number of aliphatic hydroxyl groups is 5. The van der Waals surface area contributed by atoms with Crippen LogP contribution in [-0.2, 0) is 16.0 Å². The fourth-order valence-electron chi connectivity index (χ4n) is 6.09. The number of β-lactam (4-membered cyclic amide) rings is 1. The van der Waals surface area contributed by atoms with Gasteiger partial charge in [-0.2, -0.15) is 0 Å². The van der Waals surface area contributed by atoms with Crippen LogP contribution in [0.1, 0.15) is 53.7 Å². The summed E-state index contributed by atoms with van der Waals surface area (Å²) in [5.74, 6) is -1.02. The van der Waals surface area contributed by atoms with Gasteiger partial charge in [0.05, 0.1) is 30.8 Å². The number of hydrogen-bond acceptors (Lipinski definition) is 8. The van der Waals surface area contributed by atoms with Crippen LogP contribution in [0.15, 0.2) is 66.7 Å². The van der Waals surface area contributed by atoms with E-state index in [1.807, 2.05) is 37.3 Å². The molecule has 10 heteroatoms. The second kappa shape index (κ2) is 13.1. The molecule has 0 unspecified atom stereocenters. The number of rotatable bonds is 10. The molecule has 8 atom stereocenters. The van der Waals surface area contributed by atoms with Gasteiger partial charge in [0.1, 0.15) is 36.0 Å². The van der Waals surface area contributed by atoms with Gasteiger partial charge in [0.25, 0.3) is 0 Å². The van der Waals surface area contributed by atoms with Crippen molar-refractivity contribution in [1.82, 2.24) is 0 Å². The number of halogens is 1. The van der Waals surface area contributed by atoms with E-state index in [-0.39, 0.29) is 24.5 Å². The minimum absolute atomic E-state index is 0.00926. The quantitative estimate of drug-likeness (QED) is 0.196. The predicted octanol–water partition coefficient (Wildman–Crippen LogP) is 2.83. The molecule has 0 aliphatic carbocycles. The molecule has 2 fully saturated rings. The highest BCUT2D eigenvalue weighted by Gasteiger charge is 2.49. The van der Waals surface area contributed by atoms with Crippen LogP contribution in [0.2, 0.25) is 0 Å². The van der Waals surface area contributed by atoms with E-state index in [2.05, 4.69) is 0 Å². The van der Waals surface area contributed by atoms with Crippen molar-refractivity contribution in [2.45, 2.75) is 75.3 Å². The van der Waals surface area contributed by atoms with Crippen LogP contribution in [0.3, 0.4) is 0 Å². The minimum Gasteiger partial charge on any atom is -0.508 e. The average molecular weight is 596 g/mol. The van der Waals surface area contributed by atoms with E-state index in [4.69, 9.17) is 4.74 Å². The van der Waals surface area contributed by atoms with E-state index < -0.39 is 61.0 Å². The molecule has 3 aromatic rings. The lowest BCUT2D eigenvalue weighted by molar-refractivity contribution is -0.230. The highest BCUT2D eigenvalue weighted by molar-refractivity contribution is 6.03. The zero-order chi connectivity index (χ0) is 30.8. The first-order valence-electron chi connectivity index (χ1n) is 14.5. The molecule has 0 radical (unpaired) electrons. The van der Waals surface area contributed by atoms with Crippen LogP contribution >= 0.6 is 0 Å². The van der Waals surface area contributed by atoms with Crippen LogP contribution < -0.4 is 4.90 Å². The third-order valence-corrected chi connectivity index (χ3v) is 8.65. The molecule has 2 aliphatic rings. The van der Waals surface area contributed by atoms with E-state index in [0.29, 0.717) is 29.7 Å². The Kier molecular flexibility index (Phi) is 9.45. The van der Waals surface area contributed by atoms with Crippen LogP contribution in [0.4, 0.5) is 10.1 Å². The number of aryl methyl sites for hydroxylation is 2. The van der Waals surface area contributed by atoms with Gasteiger partial charge in [-0.1, -0.05) is 42.0 Å². The predicted molar refractivity (Wildman–Crippen MR) is 156 cm³/mol. The molecule has 3 aromatic carbocycles. The van der Waals surface area contributed by atoms with E-state index >= 15 is 0 Å². The topological polar surface area (TPSA) is 151 Å². The molecule has 2 saturated heterocycles. The zero-order valence-corrected chi connectivity index (χ0v) is 23.8. The summed E-state index contributed by atoms with van der Waals surface area (Å²) >= 11 is 0. The number of aromatic hydroxyl groups is 1. The first kappa shape index (κ1) is 31.1. The highest BCUT2D eigenvalue weighted by atomic mass is 19.1. The lowest BCUT2D eigenvalue weighted by Crippen LogP contribution is -2.58. The smallest absolute Gasteiger partial charge is 0.233 e. The maximum atomic E-state index is 13.4. The van der Waals surface area contributed by atoms with E-state index in [9.17, 15) is 39.8 Å². The second-order valence-corrected chi connectivity index (χ2v) is 11.5. The van der Waals surface area contributed by atoms with E-state index in [1.54, 1.807) is 17.0 Å². The van der Waals surface area contributed by atoms with Gasteiger partial charge in [-0.3, -0.25) is 4.79 Å². The molecule has 2 heterocycles. The summed E-state index contributed by atoms with van der Waals surface area (Å²) in [6.07, 6.45) is -5.63. The Morgan fingerprint density at radius 1 is 0.907 bits per heavy atom. The van der Waals surface area contributed by atoms with Crippen molar-refractivity contribution in [1.29, 1.82) is 0 Å². The number of carbonyl (C=O) groups excluding carboxylic acids is 1. The van der Waals surface area contributed by atoms with Gasteiger partial charge in [0.2, 0.25) is 5.91 Å². The standard InChI is InChI=1S/C33H38FNO8/c1-18-2-10-22(11-3-18)35-29(24(33(35)42)13-14-25(37)20-6-8-21(34)9-7-20)23-12-4-19(16-26(23)38)5-15-27-30(39)32(41)31(40)28(17-36)43-27/h2-4,6-12,16,24-25,27-32,36-41H,5,13-15,17H2,1H3/t24-,25+,27+,28-,29-,30+,31-,32-/m1/s1. The number of nitrogens with zero attached hydrogens (tertiary/aromatic N) is 1. The molecular weight excluding hydrogens is 557 g/mol. The zero-order valence-electron chi connectivity index (χ0n) is 23.8. The Bertz CT molecular complexity index is 1400. The summed E-state index contributed by atoms with van der Waals surface area (Å²) in [4.78, 5) is 15.1. The number of amides is 1. The fraction of sp³-hybridized carbons (Fsp3) is 0.424. The minimum atomic E-state index is -1.45. The highest BCUT2D eigenvalue weighted by Crippen LogP contribution is 2.48. The molecule has 9 nitrogen and oxygen atoms in total. The molecule has 0 bridgehead atoms. The summed E-state index contributed by atoms with van der Waals surface area (Å²) in [5.41, 5.74) is 3.58. The Morgan fingerprint density at radius 2 is 1.58 bits per heavy atom. The number of aliphatic hydroxyl groups excluding tert-OH is 5. The maximum Gasteiger partial charge on any atom is 0.233 e. The molecule has 0 aromatic heterocycles.